The number of hydrogen-bond acceptors (Lipinski definition) is 4. The summed E-state index contributed by atoms with van der Waals surface area (Å²) in [6, 6.07) is 11.2. The quantitative estimate of drug-likeness (QED) is 0.665. The summed E-state index contributed by atoms with van der Waals surface area (Å²) in [6.45, 7) is 2.80. The van der Waals surface area contributed by atoms with E-state index in [4.69, 9.17) is 0 Å². The normalized spacial score (nSPS) is 14.9. The SMILES string of the molecule is Cc1c(NC(=O)C2CCN(c3ccccc3F)CC2)cccc1[N+](=O)[O-]. The van der Waals surface area contributed by atoms with E-state index >= 15 is 0 Å². The predicted octanol–water partition coefficient (Wildman–Crippen LogP) is 3.90. The molecule has 0 aromatic heterocycles. The summed E-state index contributed by atoms with van der Waals surface area (Å²) in [4.78, 5) is 25.0. The molecule has 2 aromatic rings. The van der Waals surface area contributed by atoms with Gasteiger partial charge in [0.1, 0.15) is 5.82 Å². The number of nitro groups is 1. The highest BCUT2D eigenvalue weighted by Crippen LogP contribution is 2.28. The van der Waals surface area contributed by atoms with Gasteiger partial charge in [-0.1, -0.05) is 18.2 Å². The Morgan fingerprint density at radius 1 is 1.19 bits per heavy atom. The Kier molecular flexibility index (Phi) is 5.16. The molecule has 6 nitrogen and oxygen atoms in total. The van der Waals surface area contributed by atoms with Crippen LogP contribution < -0.4 is 10.2 Å². The maximum atomic E-state index is 13.9. The summed E-state index contributed by atoms with van der Waals surface area (Å²) in [6.07, 6.45) is 1.21. The van der Waals surface area contributed by atoms with Gasteiger partial charge in [-0.3, -0.25) is 14.9 Å². The molecule has 1 saturated heterocycles. The molecule has 1 aliphatic heterocycles. The Balaban J connectivity index is 1.64. The molecular formula is C19H20FN3O3. The van der Waals surface area contributed by atoms with Crippen molar-refractivity contribution in [2.75, 3.05) is 23.3 Å². The fourth-order valence-corrected chi connectivity index (χ4v) is 3.28. The lowest BCUT2D eigenvalue weighted by atomic mass is 9.95. The minimum absolute atomic E-state index is 0.0165. The van der Waals surface area contributed by atoms with Gasteiger partial charge in [-0.05, 0) is 38.0 Å². The van der Waals surface area contributed by atoms with Crippen LogP contribution in [0.15, 0.2) is 42.5 Å². The zero-order valence-electron chi connectivity index (χ0n) is 14.4. The number of piperidine rings is 1. The van der Waals surface area contributed by atoms with Crippen molar-refractivity contribution in [2.45, 2.75) is 19.8 Å². The second-order valence-corrected chi connectivity index (χ2v) is 6.41. The lowest BCUT2D eigenvalue weighted by molar-refractivity contribution is -0.385. The number of nitro benzene ring substituents is 1. The molecular weight excluding hydrogens is 337 g/mol. The average Bonchev–Trinajstić information content (AvgIpc) is 2.64. The number of rotatable bonds is 4. The molecule has 0 atom stereocenters. The van der Waals surface area contributed by atoms with Gasteiger partial charge in [0.15, 0.2) is 0 Å². The monoisotopic (exact) mass is 357 g/mol. The van der Waals surface area contributed by atoms with Crippen molar-refractivity contribution < 1.29 is 14.1 Å². The van der Waals surface area contributed by atoms with Crippen LogP contribution >= 0.6 is 0 Å². The molecule has 1 N–H and O–H groups in total. The lowest BCUT2D eigenvalue weighted by Crippen LogP contribution is -2.38. The number of hydrogen-bond donors (Lipinski definition) is 1. The van der Waals surface area contributed by atoms with Crippen LogP contribution in [0.4, 0.5) is 21.5 Å². The van der Waals surface area contributed by atoms with E-state index < -0.39 is 4.92 Å². The van der Waals surface area contributed by atoms with Crippen LogP contribution in [0.1, 0.15) is 18.4 Å². The number of benzene rings is 2. The van der Waals surface area contributed by atoms with Crippen molar-refractivity contribution >= 4 is 23.0 Å². The third-order valence-electron chi connectivity index (χ3n) is 4.82. The lowest BCUT2D eigenvalue weighted by Gasteiger charge is -2.33. The van der Waals surface area contributed by atoms with Crippen molar-refractivity contribution in [1.29, 1.82) is 0 Å². The van der Waals surface area contributed by atoms with Gasteiger partial charge < -0.3 is 10.2 Å². The molecule has 0 saturated carbocycles. The van der Waals surface area contributed by atoms with Crippen LogP contribution in [-0.2, 0) is 4.79 Å². The van der Waals surface area contributed by atoms with Crippen LogP contribution in [0.25, 0.3) is 0 Å². The van der Waals surface area contributed by atoms with E-state index in [2.05, 4.69) is 5.32 Å². The summed E-state index contributed by atoms with van der Waals surface area (Å²) in [7, 11) is 0. The first-order valence-corrected chi connectivity index (χ1v) is 8.51. The Morgan fingerprint density at radius 3 is 2.54 bits per heavy atom. The van der Waals surface area contributed by atoms with Gasteiger partial charge in [-0.15, -0.1) is 0 Å². The number of halogens is 1. The molecule has 2 aromatic carbocycles. The summed E-state index contributed by atoms with van der Waals surface area (Å²) in [5.74, 6) is -0.610. The van der Waals surface area contributed by atoms with E-state index in [-0.39, 0.29) is 23.3 Å². The second kappa shape index (κ2) is 7.51. The van der Waals surface area contributed by atoms with Crippen LogP contribution in [-0.4, -0.2) is 23.9 Å². The second-order valence-electron chi connectivity index (χ2n) is 6.41. The van der Waals surface area contributed by atoms with Crippen molar-refractivity contribution in [2.24, 2.45) is 5.92 Å². The van der Waals surface area contributed by atoms with Gasteiger partial charge in [-0.25, -0.2) is 4.39 Å². The Morgan fingerprint density at radius 2 is 1.88 bits per heavy atom. The van der Waals surface area contributed by atoms with E-state index in [9.17, 15) is 19.3 Å². The smallest absolute Gasteiger partial charge is 0.274 e. The average molecular weight is 357 g/mol. The first-order valence-electron chi connectivity index (χ1n) is 8.51. The topological polar surface area (TPSA) is 75.5 Å². The molecule has 1 fully saturated rings. The van der Waals surface area contributed by atoms with E-state index in [0.29, 0.717) is 42.9 Å². The molecule has 7 heteroatoms. The molecule has 0 aliphatic carbocycles. The summed E-state index contributed by atoms with van der Waals surface area (Å²) < 4.78 is 13.9. The van der Waals surface area contributed by atoms with E-state index in [1.165, 1.54) is 12.1 Å². The van der Waals surface area contributed by atoms with Crippen molar-refractivity contribution in [1.82, 2.24) is 0 Å². The maximum absolute atomic E-state index is 13.9. The van der Waals surface area contributed by atoms with Crippen molar-refractivity contribution in [3.63, 3.8) is 0 Å². The molecule has 3 rings (SSSR count). The first-order chi connectivity index (χ1) is 12.5. The van der Waals surface area contributed by atoms with Gasteiger partial charge in [0, 0.05) is 25.1 Å². The van der Waals surface area contributed by atoms with Crippen LogP contribution in [0, 0.1) is 28.8 Å². The Labute approximate surface area is 150 Å². The number of para-hydroxylation sites is 1. The predicted molar refractivity (Wildman–Crippen MR) is 97.8 cm³/mol. The largest absolute Gasteiger partial charge is 0.369 e. The first kappa shape index (κ1) is 17.8. The van der Waals surface area contributed by atoms with Crippen LogP contribution in [0.3, 0.4) is 0 Å². The van der Waals surface area contributed by atoms with Gasteiger partial charge >= 0.3 is 0 Å². The van der Waals surface area contributed by atoms with Gasteiger partial charge in [0.2, 0.25) is 5.91 Å². The van der Waals surface area contributed by atoms with Crippen molar-refractivity contribution in [3.05, 3.63) is 64.0 Å². The zero-order chi connectivity index (χ0) is 18.7. The third kappa shape index (κ3) is 3.66. The molecule has 136 valence electrons. The Hall–Kier alpha value is -2.96. The van der Waals surface area contributed by atoms with E-state index in [1.807, 2.05) is 4.90 Å². The maximum Gasteiger partial charge on any atom is 0.274 e. The van der Waals surface area contributed by atoms with E-state index in [1.54, 1.807) is 37.3 Å². The Bertz CT molecular complexity index is 833. The number of anilines is 2. The number of nitrogens with one attached hydrogen (secondary N) is 1. The fraction of sp³-hybridized carbons (Fsp3) is 0.316. The molecule has 0 spiro atoms. The molecule has 1 aliphatic rings. The highest BCUT2D eigenvalue weighted by atomic mass is 19.1. The molecule has 1 heterocycles. The standard InChI is InChI=1S/C19H20FN3O3/c1-13-16(6-4-8-17(13)23(25)26)21-19(24)14-9-11-22(12-10-14)18-7-3-2-5-15(18)20/h2-8,14H,9-12H2,1H3,(H,21,24). The van der Waals surface area contributed by atoms with Crippen LogP contribution in [0.2, 0.25) is 0 Å². The molecule has 0 unspecified atom stereocenters. The van der Waals surface area contributed by atoms with Crippen molar-refractivity contribution in [3.8, 4) is 0 Å². The zero-order valence-corrected chi connectivity index (χ0v) is 14.4. The van der Waals surface area contributed by atoms with E-state index in [0.717, 1.165) is 0 Å². The minimum Gasteiger partial charge on any atom is -0.369 e. The number of nitrogens with zero attached hydrogens (tertiary/aromatic N) is 2. The molecule has 0 radical (unpaired) electrons. The number of amides is 1. The molecule has 26 heavy (non-hydrogen) atoms. The summed E-state index contributed by atoms with van der Waals surface area (Å²) in [5, 5.41) is 13.8. The van der Waals surface area contributed by atoms with Gasteiger partial charge in [0.25, 0.3) is 5.69 Å². The molecule has 1 amide bonds. The molecule has 0 bridgehead atoms. The highest BCUT2D eigenvalue weighted by Gasteiger charge is 2.27. The fourth-order valence-electron chi connectivity index (χ4n) is 3.28. The van der Waals surface area contributed by atoms with Gasteiger partial charge in [-0.2, -0.15) is 0 Å². The summed E-state index contributed by atoms with van der Waals surface area (Å²) in [5.41, 5.74) is 1.44. The highest BCUT2D eigenvalue weighted by molar-refractivity contribution is 5.94. The number of carbonyl (C=O) groups is 1. The van der Waals surface area contributed by atoms with Gasteiger partial charge in [0.05, 0.1) is 21.9 Å². The third-order valence-corrected chi connectivity index (χ3v) is 4.82. The minimum atomic E-state index is -0.460. The summed E-state index contributed by atoms with van der Waals surface area (Å²) >= 11 is 0. The number of carbonyl (C=O) groups excluding carboxylic acids is 1. The van der Waals surface area contributed by atoms with Crippen LogP contribution in [0.5, 0.6) is 0 Å².